The molecule has 144 valence electrons. The van der Waals surface area contributed by atoms with Gasteiger partial charge in [0.15, 0.2) is 0 Å². The summed E-state index contributed by atoms with van der Waals surface area (Å²) in [6, 6.07) is 7.36. The summed E-state index contributed by atoms with van der Waals surface area (Å²) in [7, 11) is 3.94. The van der Waals surface area contributed by atoms with E-state index in [9.17, 15) is 9.59 Å². The van der Waals surface area contributed by atoms with Crippen molar-refractivity contribution in [3.63, 3.8) is 0 Å². The molecule has 4 rings (SSSR count). The normalized spacial score (nSPS) is 26.2. The average molecular weight is 369 g/mol. The SMILES string of the molecule is CNC1CCC(Nc2ccc3c(C4CCC(=O)NC4=O)nn(C)c3c2)CC1. The Morgan fingerprint density at radius 3 is 2.56 bits per heavy atom. The van der Waals surface area contributed by atoms with Crippen molar-refractivity contribution >= 4 is 28.4 Å². The van der Waals surface area contributed by atoms with Crippen LogP contribution in [-0.4, -0.2) is 40.7 Å². The van der Waals surface area contributed by atoms with Crippen LogP contribution in [0.2, 0.25) is 0 Å². The highest BCUT2D eigenvalue weighted by atomic mass is 16.2. The van der Waals surface area contributed by atoms with Crippen molar-refractivity contribution in [2.24, 2.45) is 7.05 Å². The van der Waals surface area contributed by atoms with Crippen molar-refractivity contribution in [2.45, 2.75) is 56.5 Å². The van der Waals surface area contributed by atoms with Crippen LogP contribution in [0.3, 0.4) is 0 Å². The second kappa shape index (κ2) is 7.31. The first-order chi connectivity index (χ1) is 13.0. The predicted molar refractivity (Wildman–Crippen MR) is 105 cm³/mol. The zero-order valence-corrected chi connectivity index (χ0v) is 15.9. The molecule has 1 saturated carbocycles. The van der Waals surface area contributed by atoms with Gasteiger partial charge >= 0.3 is 0 Å². The third-order valence-corrected chi connectivity index (χ3v) is 5.96. The molecule has 2 aromatic rings. The summed E-state index contributed by atoms with van der Waals surface area (Å²) in [4.78, 5) is 23.7. The number of nitrogens with zero attached hydrogens (tertiary/aromatic N) is 2. The molecule has 1 saturated heterocycles. The van der Waals surface area contributed by atoms with Crippen molar-refractivity contribution in [3.05, 3.63) is 23.9 Å². The fourth-order valence-corrected chi connectivity index (χ4v) is 4.35. The molecular weight excluding hydrogens is 342 g/mol. The first-order valence-corrected chi connectivity index (χ1v) is 9.79. The molecular formula is C20H27N5O2. The zero-order valence-electron chi connectivity index (χ0n) is 15.9. The highest BCUT2D eigenvalue weighted by Crippen LogP contribution is 2.32. The predicted octanol–water partition coefficient (Wildman–Crippen LogP) is 2.04. The lowest BCUT2D eigenvalue weighted by Crippen LogP contribution is -2.39. The largest absolute Gasteiger partial charge is 0.382 e. The Balaban J connectivity index is 1.54. The van der Waals surface area contributed by atoms with E-state index in [4.69, 9.17) is 0 Å². The Morgan fingerprint density at radius 1 is 1.11 bits per heavy atom. The van der Waals surface area contributed by atoms with Crippen molar-refractivity contribution in [2.75, 3.05) is 12.4 Å². The Hall–Kier alpha value is -2.41. The number of carbonyl (C=O) groups excluding carboxylic acids is 2. The summed E-state index contributed by atoms with van der Waals surface area (Å²) in [5, 5.41) is 15.0. The van der Waals surface area contributed by atoms with Gasteiger partial charge in [0.2, 0.25) is 11.8 Å². The van der Waals surface area contributed by atoms with Gasteiger partial charge in [0.05, 0.1) is 17.1 Å². The van der Waals surface area contributed by atoms with Crippen LogP contribution >= 0.6 is 0 Å². The van der Waals surface area contributed by atoms with E-state index in [2.05, 4.69) is 33.2 Å². The van der Waals surface area contributed by atoms with Gasteiger partial charge in [0.1, 0.15) is 0 Å². The summed E-state index contributed by atoms with van der Waals surface area (Å²) < 4.78 is 1.83. The molecule has 2 aliphatic rings. The monoisotopic (exact) mass is 369 g/mol. The Bertz CT molecular complexity index is 867. The van der Waals surface area contributed by atoms with Crippen LogP contribution in [0.1, 0.15) is 50.1 Å². The van der Waals surface area contributed by atoms with Crippen molar-refractivity contribution in [1.29, 1.82) is 0 Å². The van der Waals surface area contributed by atoms with Gasteiger partial charge in [0.25, 0.3) is 0 Å². The summed E-state index contributed by atoms with van der Waals surface area (Å²) in [5.74, 6) is -0.798. The highest BCUT2D eigenvalue weighted by molar-refractivity contribution is 6.02. The highest BCUT2D eigenvalue weighted by Gasteiger charge is 2.31. The van der Waals surface area contributed by atoms with Crippen LogP contribution in [0, 0.1) is 0 Å². The number of carbonyl (C=O) groups is 2. The average Bonchev–Trinajstić information content (AvgIpc) is 2.98. The number of aromatic nitrogens is 2. The van der Waals surface area contributed by atoms with E-state index in [1.165, 1.54) is 12.8 Å². The topological polar surface area (TPSA) is 88.0 Å². The van der Waals surface area contributed by atoms with Gasteiger partial charge in [-0.1, -0.05) is 0 Å². The number of hydrogen-bond acceptors (Lipinski definition) is 5. The van der Waals surface area contributed by atoms with Gasteiger partial charge in [0, 0.05) is 36.6 Å². The number of hydrogen-bond donors (Lipinski definition) is 3. The van der Waals surface area contributed by atoms with E-state index in [-0.39, 0.29) is 17.7 Å². The number of anilines is 1. The number of benzene rings is 1. The summed E-state index contributed by atoms with van der Waals surface area (Å²) in [6.45, 7) is 0. The maximum Gasteiger partial charge on any atom is 0.235 e. The van der Waals surface area contributed by atoms with Gasteiger partial charge in [-0.2, -0.15) is 5.10 Å². The van der Waals surface area contributed by atoms with Crippen molar-refractivity contribution in [3.8, 4) is 0 Å². The molecule has 1 atom stereocenters. The molecule has 2 heterocycles. The quantitative estimate of drug-likeness (QED) is 0.718. The fourth-order valence-electron chi connectivity index (χ4n) is 4.35. The lowest BCUT2D eigenvalue weighted by molar-refractivity contribution is -0.134. The van der Waals surface area contributed by atoms with Crippen LogP contribution in [0.15, 0.2) is 18.2 Å². The Labute approximate surface area is 158 Å². The molecule has 1 aromatic heterocycles. The summed E-state index contributed by atoms with van der Waals surface area (Å²) >= 11 is 0. The molecule has 3 N–H and O–H groups in total. The fraction of sp³-hybridized carbons (Fsp3) is 0.550. The zero-order chi connectivity index (χ0) is 19.0. The molecule has 2 amide bonds. The van der Waals surface area contributed by atoms with Gasteiger partial charge in [-0.3, -0.25) is 19.6 Å². The maximum absolute atomic E-state index is 12.2. The van der Waals surface area contributed by atoms with Crippen LogP contribution in [0.5, 0.6) is 0 Å². The maximum atomic E-state index is 12.2. The van der Waals surface area contributed by atoms with Crippen LogP contribution in [-0.2, 0) is 16.6 Å². The van der Waals surface area contributed by atoms with Crippen molar-refractivity contribution < 1.29 is 9.59 Å². The van der Waals surface area contributed by atoms with E-state index in [0.717, 1.165) is 35.1 Å². The lowest BCUT2D eigenvalue weighted by Gasteiger charge is -2.29. The first kappa shape index (κ1) is 18.0. The number of piperidine rings is 1. The molecule has 1 aliphatic heterocycles. The minimum atomic E-state index is -0.359. The third-order valence-electron chi connectivity index (χ3n) is 5.96. The standard InChI is InChI=1S/C20H27N5O2/c1-21-12-3-5-13(6-4-12)22-14-7-8-15-17(11-14)25(2)24-19(15)16-9-10-18(26)23-20(16)27/h7-8,11-13,16,21-22H,3-6,9-10H2,1-2H3,(H,23,26,27). The molecule has 2 fully saturated rings. The second-order valence-corrected chi connectivity index (χ2v) is 7.73. The van der Waals surface area contributed by atoms with Crippen LogP contribution in [0.25, 0.3) is 10.9 Å². The Morgan fingerprint density at radius 2 is 1.85 bits per heavy atom. The molecule has 0 bridgehead atoms. The molecule has 7 nitrogen and oxygen atoms in total. The molecule has 7 heteroatoms. The number of fused-ring (bicyclic) bond motifs is 1. The number of aryl methyl sites for hydroxylation is 1. The lowest BCUT2D eigenvalue weighted by atomic mass is 9.91. The summed E-state index contributed by atoms with van der Waals surface area (Å²) in [5.41, 5.74) is 2.86. The number of amides is 2. The van der Waals surface area contributed by atoms with Gasteiger partial charge in [-0.25, -0.2) is 0 Å². The molecule has 0 radical (unpaired) electrons. The number of rotatable bonds is 4. The molecule has 27 heavy (non-hydrogen) atoms. The van der Waals surface area contributed by atoms with Crippen molar-refractivity contribution in [1.82, 2.24) is 20.4 Å². The molecule has 1 unspecified atom stereocenters. The van der Waals surface area contributed by atoms with E-state index in [1.807, 2.05) is 24.8 Å². The third kappa shape index (κ3) is 3.56. The molecule has 1 aromatic carbocycles. The molecule has 1 aliphatic carbocycles. The minimum Gasteiger partial charge on any atom is -0.382 e. The van der Waals surface area contributed by atoms with Crippen LogP contribution in [0.4, 0.5) is 5.69 Å². The van der Waals surface area contributed by atoms with E-state index in [0.29, 0.717) is 24.9 Å². The van der Waals surface area contributed by atoms with Gasteiger partial charge < -0.3 is 10.6 Å². The number of imide groups is 1. The number of nitrogens with one attached hydrogen (secondary N) is 3. The van der Waals surface area contributed by atoms with Crippen LogP contribution < -0.4 is 16.0 Å². The smallest absolute Gasteiger partial charge is 0.235 e. The second-order valence-electron chi connectivity index (χ2n) is 7.73. The minimum absolute atomic E-state index is 0.198. The molecule has 0 spiro atoms. The van der Waals surface area contributed by atoms with E-state index < -0.39 is 0 Å². The van der Waals surface area contributed by atoms with Gasteiger partial charge in [-0.05, 0) is 57.4 Å². The van der Waals surface area contributed by atoms with Gasteiger partial charge in [-0.15, -0.1) is 0 Å². The van der Waals surface area contributed by atoms with E-state index >= 15 is 0 Å². The first-order valence-electron chi connectivity index (χ1n) is 9.79. The Kier molecular flexibility index (Phi) is 4.86. The van der Waals surface area contributed by atoms with E-state index in [1.54, 1.807) is 0 Å². The summed E-state index contributed by atoms with van der Waals surface area (Å²) in [6.07, 6.45) is 5.60.